The predicted molar refractivity (Wildman–Crippen MR) is 117 cm³/mol. The third kappa shape index (κ3) is 3.91. The molecule has 5 heteroatoms. The average molecular weight is 403 g/mol. The molecule has 29 heavy (non-hydrogen) atoms. The van der Waals surface area contributed by atoms with Gasteiger partial charge in [0.15, 0.2) is 11.5 Å². The molecule has 0 atom stereocenters. The number of hydrogen-bond donors (Lipinski definition) is 0. The summed E-state index contributed by atoms with van der Waals surface area (Å²) < 4.78 is 8.13. The molecule has 2 aromatic heterocycles. The van der Waals surface area contributed by atoms with Gasteiger partial charge in [-0.1, -0.05) is 72.4 Å². The molecule has 0 fully saturated rings. The SMILES string of the molecule is Cc1cc(C(=O)CSc2nc(-c3ccccc3)c(-c3ccccc3)o2)c(C)n1C. The molecule has 0 aliphatic heterocycles. The smallest absolute Gasteiger partial charge is 0.257 e. The number of aryl methyl sites for hydroxylation is 1. The Morgan fingerprint density at radius 3 is 2.21 bits per heavy atom. The predicted octanol–water partition coefficient (Wildman–Crippen LogP) is 5.94. The lowest BCUT2D eigenvalue weighted by Gasteiger charge is -2.01. The Hall–Kier alpha value is -3.05. The van der Waals surface area contributed by atoms with Crippen molar-refractivity contribution in [3.8, 4) is 22.6 Å². The first kappa shape index (κ1) is 19.3. The van der Waals surface area contributed by atoms with Crippen molar-refractivity contribution in [3.63, 3.8) is 0 Å². The lowest BCUT2D eigenvalue weighted by molar-refractivity contribution is 0.102. The molecule has 0 aliphatic rings. The van der Waals surface area contributed by atoms with Crippen LogP contribution in [0.15, 0.2) is 76.4 Å². The van der Waals surface area contributed by atoms with E-state index in [1.165, 1.54) is 11.8 Å². The molecule has 0 unspecified atom stereocenters. The van der Waals surface area contributed by atoms with E-state index >= 15 is 0 Å². The number of carbonyl (C=O) groups is 1. The maximum absolute atomic E-state index is 12.7. The number of aromatic nitrogens is 2. The van der Waals surface area contributed by atoms with E-state index in [9.17, 15) is 4.79 Å². The highest BCUT2D eigenvalue weighted by Crippen LogP contribution is 2.35. The van der Waals surface area contributed by atoms with E-state index < -0.39 is 0 Å². The molecule has 0 saturated carbocycles. The van der Waals surface area contributed by atoms with Crippen LogP contribution < -0.4 is 0 Å². The van der Waals surface area contributed by atoms with Gasteiger partial charge < -0.3 is 8.98 Å². The molecule has 0 spiro atoms. The van der Waals surface area contributed by atoms with Crippen LogP contribution in [0.25, 0.3) is 22.6 Å². The van der Waals surface area contributed by atoms with E-state index in [1.54, 1.807) is 0 Å². The van der Waals surface area contributed by atoms with Gasteiger partial charge >= 0.3 is 0 Å². The number of nitrogens with zero attached hydrogens (tertiary/aromatic N) is 2. The van der Waals surface area contributed by atoms with Gasteiger partial charge in [0.05, 0.1) is 5.75 Å². The summed E-state index contributed by atoms with van der Waals surface area (Å²) in [4.78, 5) is 17.4. The molecule has 0 saturated heterocycles. The number of Topliss-reactive ketones (excluding diaryl/α,β-unsaturated/α-hetero) is 1. The minimum absolute atomic E-state index is 0.0805. The molecule has 2 aromatic carbocycles. The van der Waals surface area contributed by atoms with E-state index in [1.807, 2.05) is 92.2 Å². The number of hydrogen-bond acceptors (Lipinski definition) is 4. The molecule has 0 radical (unpaired) electrons. The molecule has 4 rings (SSSR count). The molecule has 4 aromatic rings. The number of ketones is 1. The first-order chi connectivity index (χ1) is 14.0. The van der Waals surface area contributed by atoms with Gasteiger partial charge in [0.25, 0.3) is 5.22 Å². The summed E-state index contributed by atoms with van der Waals surface area (Å²) in [6.07, 6.45) is 0. The van der Waals surface area contributed by atoms with Crippen LogP contribution in [0.4, 0.5) is 0 Å². The van der Waals surface area contributed by atoms with Crippen molar-refractivity contribution >= 4 is 17.5 Å². The summed E-state index contributed by atoms with van der Waals surface area (Å²) >= 11 is 1.33. The Kier molecular flexibility index (Phi) is 5.41. The summed E-state index contributed by atoms with van der Waals surface area (Å²) in [5.74, 6) is 1.09. The first-order valence-electron chi connectivity index (χ1n) is 9.45. The summed E-state index contributed by atoms with van der Waals surface area (Å²) in [6, 6.07) is 21.8. The molecule has 0 bridgehead atoms. The van der Waals surface area contributed by atoms with Crippen molar-refractivity contribution in [2.24, 2.45) is 7.05 Å². The molecular formula is C24H22N2O2S. The molecule has 0 amide bonds. The van der Waals surface area contributed by atoms with Gasteiger partial charge in [-0.2, -0.15) is 0 Å². The Bertz CT molecular complexity index is 1090. The van der Waals surface area contributed by atoms with E-state index in [4.69, 9.17) is 9.40 Å². The van der Waals surface area contributed by atoms with Gasteiger partial charge in [-0.25, -0.2) is 4.98 Å². The Morgan fingerprint density at radius 1 is 1.00 bits per heavy atom. The zero-order chi connectivity index (χ0) is 20.4. The number of oxazole rings is 1. The number of thioether (sulfide) groups is 1. The zero-order valence-electron chi connectivity index (χ0n) is 16.7. The molecule has 0 N–H and O–H groups in total. The maximum Gasteiger partial charge on any atom is 0.257 e. The highest BCUT2D eigenvalue weighted by Gasteiger charge is 2.19. The fraction of sp³-hybridized carbons (Fsp3) is 0.167. The Morgan fingerprint density at radius 2 is 1.62 bits per heavy atom. The van der Waals surface area contributed by atoms with Gasteiger partial charge in [-0.05, 0) is 19.9 Å². The highest BCUT2D eigenvalue weighted by molar-refractivity contribution is 7.99. The van der Waals surface area contributed by atoms with Crippen LogP contribution in [0.2, 0.25) is 0 Å². The maximum atomic E-state index is 12.7. The van der Waals surface area contributed by atoms with Crippen molar-refractivity contribution in [2.45, 2.75) is 19.1 Å². The standard InChI is InChI=1S/C24H22N2O2S/c1-16-14-20(17(2)26(16)3)21(27)15-29-24-25-22(18-10-6-4-7-11-18)23(28-24)19-12-8-5-9-13-19/h4-14H,15H2,1-3H3. The van der Waals surface area contributed by atoms with Crippen LogP contribution in [0, 0.1) is 13.8 Å². The van der Waals surface area contributed by atoms with Crippen LogP contribution in [0.3, 0.4) is 0 Å². The molecule has 4 nitrogen and oxygen atoms in total. The number of carbonyl (C=O) groups excluding carboxylic acids is 1. The van der Waals surface area contributed by atoms with Crippen LogP contribution in [-0.2, 0) is 7.05 Å². The summed E-state index contributed by atoms with van der Waals surface area (Å²) in [5.41, 5.74) is 5.56. The van der Waals surface area contributed by atoms with Crippen LogP contribution >= 0.6 is 11.8 Å². The minimum atomic E-state index is 0.0805. The van der Waals surface area contributed by atoms with Gasteiger partial charge in [0, 0.05) is 35.1 Å². The fourth-order valence-electron chi connectivity index (χ4n) is 3.28. The average Bonchev–Trinajstić information content (AvgIpc) is 3.30. The normalized spacial score (nSPS) is 11.0. The second-order valence-corrected chi connectivity index (χ2v) is 7.87. The molecular weight excluding hydrogens is 380 g/mol. The molecule has 146 valence electrons. The van der Waals surface area contributed by atoms with Gasteiger partial charge in [-0.15, -0.1) is 0 Å². The highest BCUT2D eigenvalue weighted by atomic mass is 32.2. The Balaban J connectivity index is 1.62. The number of rotatable bonds is 6. The minimum Gasteiger partial charge on any atom is -0.431 e. The third-order valence-corrected chi connectivity index (χ3v) is 5.92. The van der Waals surface area contributed by atoms with Gasteiger partial charge in [0.2, 0.25) is 0 Å². The number of benzene rings is 2. The summed E-state index contributed by atoms with van der Waals surface area (Å²) in [7, 11) is 1.97. The van der Waals surface area contributed by atoms with Crippen LogP contribution in [0.5, 0.6) is 0 Å². The van der Waals surface area contributed by atoms with Gasteiger partial charge in [0.1, 0.15) is 5.69 Å². The second kappa shape index (κ2) is 8.13. The van der Waals surface area contributed by atoms with E-state index in [2.05, 4.69) is 0 Å². The van der Waals surface area contributed by atoms with E-state index in [0.717, 1.165) is 39.5 Å². The lowest BCUT2D eigenvalue weighted by Crippen LogP contribution is -2.04. The summed E-state index contributed by atoms with van der Waals surface area (Å²) in [6.45, 7) is 3.97. The third-order valence-electron chi connectivity index (χ3n) is 5.09. The van der Waals surface area contributed by atoms with Crippen molar-refractivity contribution in [1.29, 1.82) is 0 Å². The Labute approximate surface area is 174 Å². The van der Waals surface area contributed by atoms with Crippen LogP contribution in [0.1, 0.15) is 21.7 Å². The zero-order valence-corrected chi connectivity index (χ0v) is 17.5. The molecule has 2 heterocycles. The molecule has 0 aliphatic carbocycles. The monoisotopic (exact) mass is 402 g/mol. The lowest BCUT2D eigenvalue weighted by atomic mass is 10.1. The topological polar surface area (TPSA) is 48.0 Å². The first-order valence-corrected chi connectivity index (χ1v) is 10.4. The van der Waals surface area contributed by atoms with Crippen molar-refractivity contribution in [3.05, 3.63) is 83.7 Å². The quantitative estimate of drug-likeness (QED) is 0.296. The largest absolute Gasteiger partial charge is 0.431 e. The van der Waals surface area contributed by atoms with Crippen LogP contribution in [-0.4, -0.2) is 21.1 Å². The summed E-state index contributed by atoms with van der Waals surface area (Å²) in [5, 5.41) is 0.501. The van der Waals surface area contributed by atoms with E-state index in [-0.39, 0.29) is 11.5 Å². The van der Waals surface area contributed by atoms with Crippen molar-refractivity contribution in [1.82, 2.24) is 9.55 Å². The van der Waals surface area contributed by atoms with Crippen molar-refractivity contribution in [2.75, 3.05) is 5.75 Å². The second-order valence-electron chi connectivity index (χ2n) is 6.95. The van der Waals surface area contributed by atoms with Gasteiger partial charge in [-0.3, -0.25) is 4.79 Å². The van der Waals surface area contributed by atoms with Crippen molar-refractivity contribution < 1.29 is 9.21 Å². The van der Waals surface area contributed by atoms with E-state index in [0.29, 0.717) is 5.22 Å². The fourth-order valence-corrected chi connectivity index (χ4v) is 3.99.